The zero-order valence-electron chi connectivity index (χ0n) is 5.86. The molecule has 0 unspecified atom stereocenters. The first kappa shape index (κ1) is 7.15. The molecule has 2 aromatic rings. The number of aryl methyl sites for hydroxylation is 1. The number of nitrogens with one attached hydrogen (secondary N) is 1. The summed E-state index contributed by atoms with van der Waals surface area (Å²) in [6.07, 6.45) is 0. The van der Waals surface area contributed by atoms with E-state index >= 15 is 0 Å². The number of benzene rings is 1. The van der Waals surface area contributed by atoms with Crippen LogP contribution in [0.25, 0.3) is 11.0 Å². The molecular formula is C7H6FIN2. The van der Waals surface area contributed by atoms with Gasteiger partial charge >= 0.3 is 0 Å². The summed E-state index contributed by atoms with van der Waals surface area (Å²) in [5, 5.41) is 3.02. The quantitative estimate of drug-likeness (QED) is 0.704. The van der Waals surface area contributed by atoms with Gasteiger partial charge in [0.1, 0.15) is 5.82 Å². The molecule has 0 amide bonds. The molecule has 0 aliphatic rings. The molecule has 1 N–H and O–H groups in total. The molecule has 0 atom stereocenters. The van der Waals surface area contributed by atoms with Crippen molar-refractivity contribution < 1.29 is 4.39 Å². The van der Waals surface area contributed by atoms with Gasteiger partial charge in [0.05, 0.1) is 14.6 Å². The Bertz CT molecular complexity index is 402. The van der Waals surface area contributed by atoms with Crippen molar-refractivity contribution in [1.82, 2.24) is 9.78 Å². The maximum absolute atomic E-state index is 12.9. The van der Waals surface area contributed by atoms with Crippen molar-refractivity contribution in [1.29, 1.82) is 0 Å². The average Bonchev–Trinajstić information content (AvgIpc) is 1.97. The van der Waals surface area contributed by atoms with Crippen LogP contribution < -0.4 is 0 Å². The third kappa shape index (κ3) is 0.962. The van der Waals surface area contributed by atoms with Crippen molar-refractivity contribution in [3.8, 4) is 0 Å². The van der Waals surface area contributed by atoms with Gasteiger partial charge in [-0.15, -0.1) is 0 Å². The summed E-state index contributed by atoms with van der Waals surface area (Å²) in [7, 11) is 1.86. The Morgan fingerprint density at radius 2 is 2.27 bits per heavy atom. The number of H-pyrrole nitrogens is 1. The fourth-order valence-electron chi connectivity index (χ4n) is 1.09. The lowest BCUT2D eigenvalue weighted by atomic mass is 10.3. The van der Waals surface area contributed by atoms with Crippen LogP contribution in [0.2, 0.25) is 0 Å². The highest BCUT2D eigenvalue weighted by Crippen LogP contribution is 2.19. The lowest BCUT2D eigenvalue weighted by molar-refractivity contribution is 0.617. The van der Waals surface area contributed by atoms with Crippen LogP contribution in [0.1, 0.15) is 0 Å². The fourth-order valence-corrected chi connectivity index (χ4v) is 1.56. The molecule has 0 saturated carbocycles. The summed E-state index contributed by atoms with van der Waals surface area (Å²) in [5.41, 5.74) is 1.92. The van der Waals surface area contributed by atoms with Gasteiger partial charge in [-0.1, -0.05) is 0 Å². The lowest BCUT2D eigenvalue weighted by Crippen LogP contribution is -2.05. The topological polar surface area (TPSA) is 20.7 Å². The van der Waals surface area contributed by atoms with Crippen LogP contribution in [0.5, 0.6) is 0 Å². The van der Waals surface area contributed by atoms with E-state index in [2.05, 4.69) is 5.10 Å². The maximum Gasteiger partial charge on any atom is 0.138 e. The van der Waals surface area contributed by atoms with Gasteiger partial charge in [-0.05, 0) is 28.7 Å². The monoisotopic (exact) mass is 264 g/mol. The first-order chi connectivity index (χ1) is 5.18. The minimum Gasteiger partial charge on any atom is -0.296 e. The largest absolute Gasteiger partial charge is 0.296 e. The first-order valence-corrected chi connectivity index (χ1v) is 4.26. The van der Waals surface area contributed by atoms with Gasteiger partial charge in [0.15, 0.2) is 0 Å². The molecule has 0 spiro atoms. The lowest BCUT2D eigenvalue weighted by Gasteiger charge is -2.11. The molecule has 1 aromatic carbocycles. The second-order valence-electron chi connectivity index (χ2n) is 2.45. The van der Waals surface area contributed by atoms with E-state index in [-0.39, 0.29) is 5.82 Å². The molecule has 0 aliphatic carbocycles. The van der Waals surface area contributed by atoms with Crippen molar-refractivity contribution in [3.05, 3.63) is 21.5 Å². The molecule has 0 radical (unpaired) electrons. The smallest absolute Gasteiger partial charge is 0.138 e. The summed E-state index contributed by atoms with van der Waals surface area (Å²) in [5.74, 6) is -0.155. The summed E-state index contributed by atoms with van der Waals surface area (Å²) in [4.78, 5) is 0. The fraction of sp³-hybridized carbons (Fsp3) is 0.143. The zero-order valence-corrected chi connectivity index (χ0v) is 8.02. The predicted octanol–water partition coefficient (Wildman–Crippen LogP) is 2.25. The standard InChI is InChI=1S/C7H6FIN2/c1-11-7-2-4(8)5(9)3-6(7)10-11/h2-3,10H,1H3. The molecule has 4 heteroatoms. The normalized spacial score (nSPS) is 11.2. The average molecular weight is 264 g/mol. The van der Waals surface area contributed by atoms with E-state index in [1.54, 1.807) is 10.7 Å². The summed E-state index contributed by atoms with van der Waals surface area (Å²) in [6, 6.07) is 3.33. The molecule has 11 heavy (non-hydrogen) atoms. The SMILES string of the molecule is Cn1[nH]c2cc(I)c(F)cc21. The zero-order chi connectivity index (χ0) is 8.01. The van der Waals surface area contributed by atoms with Crippen LogP contribution in [-0.2, 0) is 7.05 Å². The highest BCUT2D eigenvalue weighted by molar-refractivity contribution is 14.1. The highest BCUT2D eigenvalue weighted by atomic mass is 127. The third-order valence-corrected chi connectivity index (χ3v) is 2.51. The number of nitrogens with zero attached hydrogens (tertiary/aromatic N) is 1. The molecule has 0 bridgehead atoms. The van der Waals surface area contributed by atoms with E-state index in [1.165, 1.54) is 6.07 Å². The Morgan fingerprint density at radius 3 is 2.91 bits per heavy atom. The number of hydrogen-bond acceptors (Lipinski definition) is 0. The van der Waals surface area contributed by atoms with Gasteiger partial charge in [0, 0.05) is 13.1 Å². The van der Waals surface area contributed by atoms with E-state index in [4.69, 9.17) is 0 Å². The Labute approximate surface area is 76.5 Å². The van der Waals surface area contributed by atoms with E-state index in [9.17, 15) is 4.39 Å². The molecule has 0 aliphatic heterocycles. The van der Waals surface area contributed by atoms with Crippen molar-refractivity contribution in [2.24, 2.45) is 7.05 Å². The Hall–Kier alpha value is -0.520. The second-order valence-corrected chi connectivity index (χ2v) is 3.62. The number of halogens is 2. The maximum atomic E-state index is 12.9. The van der Waals surface area contributed by atoms with E-state index in [1.807, 2.05) is 29.6 Å². The van der Waals surface area contributed by atoms with E-state index in [0.29, 0.717) is 3.57 Å². The molecule has 0 fully saturated rings. The van der Waals surface area contributed by atoms with E-state index in [0.717, 1.165) is 11.0 Å². The molecule has 1 aromatic heterocycles. The van der Waals surface area contributed by atoms with Crippen molar-refractivity contribution >= 4 is 33.6 Å². The number of hydrogen-bond donors (Lipinski definition) is 1. The van der Waals surface area contributed by atoms with Gasteiger partial charge in [-0.2, -0.15) is 0 Å². The van der Waals surface area contributed by atoms with Crippen LogP contribution >= 0.6 is 22.6 Å². The summed E-state index contributed by atoms with van der Waals surface area (Å²) in [6.45, 7) is 0. The van der Waals surface area contributed by atoms with Gasteiger partial charge in [-0.25, -0.2) is 4.39 Å². The number of aromatic amines is 1. The van der Waals surface area contributed by atoms with Gasteiger partial charge < -0.3 is 0 Å². The number of aromatic nitrogens is 2. The predicted molar refractivity (Wildman–Crippen MR) is 49.9 cm³/mol. The van der Waals surface area contributed by atoms with Crippen LogP contribution in [0.4, 0.5) is 4.39 Å². The van der Waals surface area contributed by atoms with Gasteiger partial charge in [0.25, 0.3) is 0 Å². The van der Waals surface area contributed by atoms with Crippen LogP contribution in [0.3, 0.4) is 0 Å². The first-order valence-electron chi connectivity index (χ1n) is 3.18. The number of rotatable bonds is 0. The summed E-state index contributed by atoms with van der Waals surface area (Å²) < 4.78 is 15.3. The second kappa shape index (κ2) is 2.23. The van der Waals surface area contributed by atoms with Crippen molar-refractivity contribution in [3.63, 3.8) is 0 Å². The number of fused-ring (bicyclic) bond motifs is 1. The van der Waals surface area contributed by atoms with Gasteiger partial charge in [-0.3, -0.25) is 9.78 Å². The molecule has 58 valence electrons. The van der Waals surface area contributed by atoms with E-state index < -0.39 is 0 Å². The molecule has 2 nitrogen and oxygen atoms in total. The molecule has 1 heterocycles. The molecule has 2 rings (SSSR count). The van der Waals surface area contributed by atoms with Crippen LogP contribution in [-0.4, -0.2) is 9.78 Å². The molecule has 0 saturated heterocycles. The Kier molecular flexibility index (Phi) is 1.45. The van der Waals surface area contributed by atoms with Crippen molar-refractivity contribution in [2.45, 2.75) is 0 Å². The minimum atomic E-state index is -0.155. The molecular weight excluding hydrogens is 258 g/mol. The van der Waals surface area contributed by atoms with Gasteiger partial charge in [0.2, 0.25) is 0 Å². The Morgan fingerprint density at radius 1 is 1.55 bits per heavy atom. The van der Waals surface area contributed by atoms with Crippen LogP contribution in [0.15, 0.2) is 12.1 Å². The summed E-state index contributed by atoms with van der Waals surface area (Å²) >= 11 is 1.97. The Balaban J connectivity index is 2.76. The van der Waals surface area contributed by atoms with Crippen molar-refractivity contribution in [2.75, 3.05) is 0 Å². The van der Waals surface area contributed by atoms with Crippen LogP contribution in [0, 0.1) is 9.39 Å². The highest BCUT2D eigenvalue weighted by Gasteiger charge is 2.06. The minimum absolute atomic E-state index is 0.155. The third-order valence-electron chi connectivity index (χ3n) is 1.69.